The predicted octanol–water partition coefficient (Wildman–Crippen LogP) is 3.50. The minimum Gasteiger partial charge on any atom is -0.507 e. The summed E-state index contributed by atoms with van der Waals surface area (Å²) in [5, 5.41) is 11.2. The van der Waals surface area contributed by atoms with E-state index in [0.717, 1.165) is 5.56 Å². The average molecular weight is 386 g/mol. The van der Waals surface area contributed by atoms with Gasteiger partial charge in [0.2, 0.25) is 0 Å². The van der Waals surface area contributed by atoms with Gasteiger partial charge in [0.25, 0.3) is 11.7 Å². The van der Waals surface area contributed by atoms with Crippen molar-refractivity contribution in [2.75, 3.05) is 11.9 Å². The summed E-state index contributed by atoms with van der Waals surface area (Å²) < 4.78 is 0. The lowest BCUT2D eigenvalue weighted by atomic mass is 9.95. The van der Waals surface area contributed by atoms with E-state index in [0.29, 0.717) is 17.4 Å². The SMILES string of the molecule is O=C1C(=O)N(CCBr)[C@H](c2ccccc2)C1=C(O)c1ccccc1. The molecule has 1 saturated heterocycles. The van der Waals surface area contributed by atoms with E-state index in [4.69, 9.17) is 0 Å². The number of Topliss-reactive ketones (excluding diaryl/α,β-unsaturated/α-hetero) is 1. The molecule has 2 aromatic carbocycles. The lowest BCUT2D eigenvalue weighted by molar-refractivity contribution is -0.139. The highest BCUT2D eigenvalue weighted by Gasteiger charge is 2.45. The molecule has 1 atom stereocenters. The Balaban J connectivity index is 2.18. The maximum atomic E-state index is 12.6. The maximum absolute atomic E-state index is 12.6. The molecule has 24 heavy (non-hydrogen) atoms. The van der Waals surface area contributed by atoms with Gasteiger partial charge < -0.3 is 10.0 Å². The highest BCUT2D eigenvalue weighted by molar-refractivity contribution is 9.09. The fraction of sp³-hybridized carbons (Fsp3) is 0.158. The molecule has 1 aliphatic rings. The standard InChI is InChI=1S/C19H16BrNO3/c20-11-12-21-16(13-7-3-1-4-8-13)15(18(23)19(21)24)17(22)14-9-5-2-6-10-14/h1-10,16,22H,11-12H2/t16-/m1/s1. The van der Waals surface area contributed by atoms with Crippen molar-refractivity contribution in [2.24, 2.45) is 0 Å². The van der Waals surface area contributed by atoms with Crippen molar-refractivity contribution < 1.29 is 14.7 Å². The first kappa shape index (κ1) is 16.5. The number of likely N-dealkylation sites (tertiary alicyclic amines) is 1. The number of halogens is 1. The van der Waals surface area contributed by atoms with Gasteiger partial charge in [-0.2, -0.15) is 0 Å². The summed E-state index contributed by atoms with van der Waals surface area (Å²) in [6, 6.07) is 17.5. The average Bonchev–Trinajstić information content (AvgIpc) is 2.88. The van der Waals surface area contributed by atoms with Crippen LogP contribution in [0, 0.1) is 0 Å². The minimum atomic E-state index is -0.647. The number of carbonyl (C=O) groups is 2. The topological polar surface area (TPSA) is 57.6 Å². The lowest BCUT2D eigenvalue weighted by Crippen LogP contribution is -2.31. The molecule has 0 radical (unpaired) electrons. The van der Waals surface area contributed by atoms with Gasteiger partial charge in [0, 0.05) is 17.4 Å². The molecule has 0 unspecified atom stereocenters. The Labute approximate surface area is 148 Å². The molecule has 1 heterocycles. The summed E-state index contributed by atoms with van der Waals surface area (Å²) >= 11 is 3.33. The van der Waals surface area contributed by atoms with Crippen LogP contribution in [-0.2, 0) is 9.59 Å². The van der Waals surface area contributed by atoms with E-state index < -0.39 is 17.7 Å². The summed E-state index contributed by atoms with van der Waals surface area (Å²) in [6.45, 7) is 0.385. The highest BCUT2D eigenvalue weighted by Crippen LogP contribution is 2.39. The molecule has 4 nitrogen and oxygen atoms in total. The third-order valence-electron chi connectivity index (χ3n) is 4.03. The molecule has 3 rings (SSSR count). The number of carbonyl (C=O) groups excluding carboxylic acids is 2. The van der Waals surface area contributed by atoms with E-state index in [1.54, 1.807) is 24.3 Å². The Morgan fingerprint density at radius 2 is 1.58 bits per heavy atom. The zero-order valence-corrected chi connectivity index (χ0v) is 14.4. The van der Waals surface area contributed by atoms with Gasteiger partial charge in [0.05, 0.1) is 11.6 Å². The lowest BCUT2D eigenvalue weighted by Gasteiger charge is -2.24. The van der Waals surface area contributed by atoms with Crippen molar-refractivity contribution in [3.63, 3.8) is 0 Å². The second-order valence-corrected chi connectivity index (χ2v) is 6.25. The molecule has 1 amide bonds. The fourth-order valence-corrected chi connectivity index (χ4v) is 3.32. The molecular formula is C19H16BrNO3. The Hall–Kier alpha value is -2.40. The Morgan fingerprint density at radius 1 is 1.00 bits per heavy atom. The molecule has 1 fully saturated rings. The second-order valence-electron chi connectivity index (χ2n) is 5.46. The predicted molar refractivity (Wildman–Crippen MR) is 95.7 cm³/mol. The monoisotopic (exact) mass is 385 g/mol. The van der Waals surface area contributed by atoms with E-state index in [2.05, 4.69) is 15.9 Å². The van der Waals surface area contributed by atoms with Gasteiger partial charge in [-0.25, -0.2) is 0 Å². The number of hydrogen-bond donors (Lipinski definition) is 1. The van der Waals surface area contributed by atoms with Crippen LogP contribution in [0.2, 0.25) is 0 Å². The number of amides is 1. The first-order valence-electron chi connectivity index (χ1n) is 7.60. The molecule has 1 N–H and O–H groups in total. The van der Waals surface area contributed by atoms with Crippen LogP contribution in [0.1, 0.15) is 17.2 Å². The van der Waals surface area contributed by atoms with E-state index >= 15 is 0 Å². The normalized spacial score (nSPS) is 19.7. The number of aliphatic hydroxyl groups is 1. The minimum absolute atomic E-state index is 0.137. The van der Waals surface area contributed by atoms with Crippen molar-refractivity contribution in [1.29, 1.82) is 0 Å². The summed E-state index contributed by atoms with van der Waals surface area (Å²) in [5.41, 5.74) is 1.46. The number of rotatable bonds is 4. The van der Waals surface area contributed by atoms with Gasteiger partial charge in [-0.05, 0) is 5.56 Å². The summed E-state index contributed by atoms with van der Waals surface area (Å²) in [7, 11) is 0. The molecule has 0 bridgehead atoms. The zero-order chi connectivity index (χ0) is 17.1. The third kappa shape index (κ3) is 2.87. The van der Waals surface area contributed by atoms with Crippen molar-refractivity contribution >= 4 is 33.4 Å². The maximum Gasteiger partial charge on any atom is 0.295 e. The molecule has 2 aromatic rings. The van der Waals surface area contributed by atoms with E-state index in [-0.39, 0.29) is 11.3 Å². The van der Waals surface area contributed by atoms with Crippen LogP contribution in [-0.4, -0.2) is 33.6 Å². The van der Waals surface area contributed by atoms with Crippen LogP contribution in [0.25, 0.3) is 5.76 Å². The summed E-state index contributed by atoms with van der Waals surface area (Å²) in [5.74, 6) is -1.37. The molecule has 0 aliphatic carbocycles. The van der Waals surface area contributed by atoms with Crippen LogP contribution in [0.4, 0.5) is 0 Å². The molecular weight excluding hydrogens is 370 g/mol. The van der Waals surface area contributed by atoms with Crippen LogP contribution in [0.5, 0.6) is 0 Å². The summed E-state index contributed by atoms with van der Waals surface area (Å²) in [4.78, 5) is 26.5. The number of aliphatic hydroxyl groups excluding tert-OH is 1. The first-order valence-corrected chi connectivity index (χ1v) is 8.72. The van der Waals surface area contributed by atoms with Crippen LogP contribution < -0.4 is 0 Å². The van der Waals surface area contributed by atoms with Crippen molar-refractivity contribution in [3.05, 3.63) is 77.4 Å². The molecule has 1 aliphatic heterocycles. The molecule has 5 heteroatoms. The molecule has 0 saturated carbocycles. The largest absolute Gasteiger partial charge is 0.507 e. The Kier molecular flexibility index (Phi) is 4.81. The molecule has 0 spiro atoms. The van der Waals surface area contributed by atoms with Crippen LogP contribution in [0.3, 0.4) is 0 Å². The van der Waals surface area contributed by atoms with E-state index in [1.165, 1.54) is 4.90 Å². The number of nitrogens with zero attached hydrogens (tertiary/aromatic N) is 1. The Morgan fingerprint density at radius 3 is 2.17 bits per heavy atom. The Bertz CT molecular complexity index is 787. The van der Waals surface area contributed by atoms with Gasteiger partial charge in [-0.3, -0.25) is 9.59 Å². The van der Waals surface area contributed by atoms with Crippen molar-refractivity contribution in [2.45, 2.75) is 6.04 Å². The van der Waals surface area contributed by atoms with Gasteiger partial charge in [0.15, 0.2) is 0 Å². The van der Waals surface area contributed by atoms with Gasteiger partial charge in [-0.1, -0.05) is 76.6 Å². The highest BCUT2D eigenvalue weighted by atomic mass is 79.9. The molecule has 0 aromatic heterocycles. The number of ketones is 1. The van der Waals surface area contributed by atoms with Crippen molar-refractivity contribution in [1.82, 2.24) is 4.90 Å². The molecule has 122 valence electrons. The fourth-order valence-electron chi connectivity index (χ4n) is 2.94. The van der Waals surface area contributed by atoms with Gasteiger partial charge in [-0.15, -0.1) is 0 Å². The summed E-state index contributed by atoms with van der Waals surface area (Å²) in [6.07, 6.45) is 0. The third-order valence-corrected chi connectivity index (χ3v) is 4.38. The quantitative estimate of drug-likeness (QED) is 0.379. The van der Waals surface area contributed by atoms with Crippen LogP contribution >= 0.6 is 15.9 Å². The number of alkyl halides is 1. The van der Waals surface area contributed by atoms with E-state index in [1.807, 2.05) is 36.4 Å². The number of hydrogen-bond acceptors (Lipinski definition) is 3. The van der Waals surface area contributed by atoms with Crippen LogP contribution in [0.15, 0.2) is 66.2 Å². The van der Waals surface area contributed by atoms with Gasteiger partial charge >= 0.3 is 0 Å². The zero-order valence-electron chi connectivity index (χ0n) is 12.9. The first-order chi connectivity index (χ1) is 11.6. The van der Waals surface area contributed by atoms with Crippen molar-refractivity contribution in [3.8, 4) is 0 Å². The number of benzene rings is 2. The van der Waals surface area contributed by atoms with Gasteiger partial charge in [0.1, 0.15) is 5.76 Å². The van der Waals surface area contributed by atoms with E-state index in [9.17, 15) is 14.7 Å². The second kappa shape index (κ2) is 7.01. The smallest absolute Gasteiger partial charge is 0.295 e.